The first kappa shape index (κ1) is 15.3. The van der Waals surface area contributed by atoms with E-state index in [1.165, 1.54) is 12.4 Å². The maximum atomic E-state index is 12.5. The van der Waals surface area contributed by atoms with E-state index >= 15 is 0 Å². The number of carbonyl (C=O) groups excluding carboxylic acids is 1. The van der Waals surface area contributed by atoms with Gasteiger partial charge in [0, 0.05) is 24.6 Å². The molecule has 23 heavy (non-hydrogen) atoms. The van der Waals surface area contributed by atoms with Crippen LogP contribution in [-0.2, 0) is 0 Å². The van der Waals surface area contributed by atoms with E-state index in [1.807, 2.05) is 23.1 Å². The van der Waals surface area contributed by atoms with Gasteiger partial charge in [-0.2, -0.15) is 10.2 Å². The number of rotatable bonds is 4. The topological polar surface area (TPSA) is 64.5 Å². The quantitative estimate of drug-likeness (QED) is 0.865. The Kier molecular flexibility index (Phi) is 4.41. The van der Waals surface area contributed by atoms with Gasteiger partial charge in [-0.25, -0.2) is 0 Å². The standard InChI is InChI=1S/C17H19N3O3/c1-22-15-5-3-4-14(16(15)23-2)13-7-9-20(11-13)17(21)12-6-8-18-19-10-12/h3-6,8,10,13H,7,9,11H2,1-2H3/t13-/m1/s1. The average Bonchev–Trinajstić information content (AvgIpc) is 3.10. The van der Waals surface area contributed by atoms with Crippen molar-refractivity contribution in [2.24, 2.45) is 0 Å². The number of hydrogen-bond acceptors (Lipinski definition) is 5. The molecule has 0 unspecified atom stereocenters. The molecular weight excluding hydrogens is 294 g/mol. The molecule has 1 aromatic carbocycles. The number of amides is 1. The summed E-state index contributed by atoms with van der Waals surface area (Å²) in [6.45, 7) is 1.37. The maximum Gasteiger partial charge on any atom is 0.255 e. The summed E-state index contributed by atoms with van der Waals surface area (Å²) in [6, 6.07) is 7.56. The van der Waals surface area contributed by atoms with Gasteiger partial charge in [-0.3, -0.25) is 4.79 Å². The molecule has 1 amide bonds. The van der Waals surface area contributed by atoms with E-state index in [0.717, 1.165) is 17.7 Å². The van der Waals surface area contributed by atoms with Crippen molar-refractivity contribution in [1.29, 1.82) is 0 Å². The lowest BCUT2D eigenvalue weighted by atomic mass is 9.97. The fraction of sp³-hybridized carbons (Fsp3) is 0.353. The molecule has 0 spiro atoms. The summed E-state index contributed by atoms with van der Waals surface area (Å²) in [6.07, 6.45) is 3.93. The predicted octanol–water partition coefficient (Wildman–Crippen LogP) is 2.12. The highest BCUT2D eigenvalue weighted by molar-refractivity contribution is 5.94. The first-order valence-electron chi connectivity index (χ1n) is 7.51. The Labute approximate surface area is 135 Å². The molecule has 1 saturated heterocycles. The molecule has 1 aliphatic heterocycles. The van der Waals surface area contributed by atoms with Crippen molar-refractivity contribution in [2.45, 2.75) is 12.3 Å². The van der Waals surface area contributed by atoms with Gasteiger partial charge >= 0.3 is 0 Å². The zero-order chi connectivity index (χ0) is 16.2. The Morgan fingerprint density at radius 2 is 2.09 bits per heavy atom. The van der Waals surface area contributed by atoms with Crippen molar-refractivity contribution in [1.82, 2.24) is 15.1 Å². The third-order valence-corrected chi connectivity index (χ3v) is 4.18. The fourth-order valence-corrected chi connectivity index (χ4v) is 3.03. The highest BCUT2D eigenvalue weighted by atomic mass is 16.5. The van der Waals surface area contributed by atoms with Crippen LogP contribution in [0.15, 0.2) is 36.7 Å². The molecule has 2 heterocycles. The van der Waals surface area contributed by atoms with Crippen molar-refractivity contribution >= 4 is 5.91 Å². The summed E-state index contributed by atoms with van der Waals surface area (Å²) in [5, 5.41) is 7.48. The van der Waals surface area contributed by atoms with Crippen molar-refractivity contribution in [2.75, 3.05) is 27.3 Å². The van der Waals surface area contributed by atoms with Crippen LogP contribution in [0.4, 0.5) is 0 Å². The van der Waals surface area contributed by atoms with E-state index in [9.17, 15) is 4.79 Å². The number of nitrogens with zero attached hydrogens (tertiary/aromatic N) is 3. The summed E-state index contributed by atoms with van der Waals surface area (Å²) in [7, 11) is 3.27. The minimum atomic E-state index is -0.00994. The van der Waals surface area contributed by atoms with Gasteiger partial charge in [0.2, 0.25) is 0 Å². The van der Waals surface area contributed by atoms with Crippen molar-refractivity contribution in [3.8, 4) is 11.5 Å². The second-order valence-corrected chi connectivity index (χ2v) is 5.45. The van der Waals surface area contributed by atoms with Gasteiger partial charge in [0.15, 0.2) is 11.5 Å². The third-order valence-electron chi connectivity index (χ3n) is 4.18. The van der Waals surface area contributed by atoms with Gasteiger partial charge in [0.25, 0.3) is 5.91 Å². The van der Waals surface area contributed by atoms with E-state index in [1.54, 1.807) is 20.3 Å². The van der Waals surface area contributed by atoms with Gasteiger partial charge in [-0.05, 0) is 18.6 Å². The fourth-order valence-electron chi connectivity index (χ4n) is 3.03. The Bertz CT molecular complexity index is 691. The van der Waals surface area contributed by atoms with Gasteiger partial charge in [-0.15, -0.1) is 0 Å². The maximum absolute atomic E-state index is 12.5. The summed E-state index contributed by atoms with van der Waals surface area (Å²) in [5.74, 6) is 1.69. The molecule has 6 nitrogen and oxygen atoms in total. The average molecular weight is 313 g/mol. The molecule has 2 aromatic rings. The van der Waals surface area contributed by atoms with Crippen molar-refractivity contribution in [3.63, 3.8) is 0 Å². The van der Waals surface area contributed by atoms with E-state index in [4.69, 9.17) is 9.47 Å². The lowest BCUT2D eigenvalue weighted by molar-refractivity contribution is 0.0790. The van der Waals surface area contributed by atoms with E-state index in [-0.39, 0.29) is 11.8 Å². The van der Waals surface area contributed by atoms with Crippen LogP contribution in [0.2, 0.25) is 0 Å². The van der Waals surface area contributed by atoms with Crippen molar-refractivity contribution < 1.29 is 14.3 Å². The number of ether oxygens (including phenoxy) is 2. The van der Waals surface area contributed by atoms with Crippen LogP contribution in [0.1, 0.15) is 28.3 Å². The zero-order valence-corrected chi connectivity index (χ0v) is 13.2. The molecule has 1 aliphatic rings. The largest absolute Gasteiger partial charge is 0.493 e. The lowest BCUT2D eigenvalue weighted by Gasteiger charge is -2.19. The Hall–Kier alpha value is -2.63. The van der Waals surface area contributed by atoms with E-state index < -0.39 is 0 Å². The summed E-state index contributed by atoms with van der Waals surface area (Å²) >= 11 is 0. The molecule has 1 atom stereocenters. The second-order valence-electron chi connectivity index (χ2n) is 5.45. The van der Waals surface area contributed by atoms with E-state index in [2.05, 4.69) is 10.2 Å². The molecule has 120 valence electrons. The normalized spacial score (nSPS) is 17.1. The van der Waals surface area contributed by atoms with Gasteiger partial charge in [0.1, 0.15) is 0 Å². The Morgan fingerprint density at radius 1 is 1.22 bits per heavy atom. The molecule has 0 bridgehead atoms. The number of carbonyl (C=O) groups is 1. The molecule has 1 aromatic heterocycles. The van der Waals surface area contributed by atoms with Gasteiger partial charge in [-0.1, -0.05) is 12.1 Å². The molecular formula is C17H19N3O3. The highest BCUT2D eigenvalue weighted by Crippen LogP contribution is 2.39. The molecule has 0 radical (unpaired) electrons. The van der Waals surface area contributed by atoms with Gasteiger partial charge in [0.05, 0.1) is 32.2 Å². The molecule has 0 aliphatic carbocycles. The SMILES string of the molecule is COc1cccc([C@@H]2CCN(C(=O)c3ccnnc3)C2)c1OC. The number of aromatic nitrogens is 2. The van der Waals surface area contributed by atoms with Crippen LogP contribution in [0.3, 0.4) is 0 Å². The minimum Gasteiger partial charge on any atom is -0.493 e. The molecule has 0 N–H and O–H groups in total. The van der Waals surface area contributed by atoms with Crippen LogP contribution in [0.5, 0.6) is 11.5 Å². The lowest BCUT2D eigenvalue weighted by Crippen LogP contribution is -2.28. The first-order valence-corrected chi connectivity index (χ1v) is 7.51. The number of likely N-dealkylation sites (tertiary alicyclic amines) is 1. The third kappa shape index (κ3) is 2.97. The first-order chi connectivity index (χ1) is 11.2. The van der Waals surface area contributed by atoms with Crippen molar-refractivity contribution in [3.05, 3.63) is 47.8 Å². The number of benzene rings is 1. The summed E-state index contributed by atoms with van der Waals surface area (Å²) in [5.41, 5.74) is 1.65. The van der Waals surface area contributed by atoms with Crippen LogP contribution < -0.4 is 9.47 Å². The molecule has 6 heteroatoms. The van der Waals surface area contributed by atoms with Crippen LogP contribution in [0, 0.1) is 0 Å². The highest BCUT2D eigenvalue weighted by Gasteiger charge is 2.30. The molecule has 3 rings (SSSR count). The molecule has 0 saturated carbocycles. The molecule has 1 fully saturated rings. The second kappa shape index (κ2) is 6.64. The summed E-state index contributed by atoms with van der Waals surface area (Å²) < 4.78 is 10.9. The number of para-hydroxylation sites is 1. The predicted molar refractivity (Wildman–Crippen MR) is 84.8 cm³/mol. The minimum absolute atomic E-state index is 0.00994. The zero-order valence-electron chi connectivity index (χ0n) is 13.2. The smallest absolute Gasteiger partial charge is 0.255 e. The van der Waals surface area contributed by atoms with Gasteiger partial charge < -0.3 is 14.4 Å². The van der Waals surface area contributed by atoms with Crippen LogP contribution in [-0.4, -0.2) is 48.3 Å². The Morgan fingerprint density at radius 3 is 2.78 bits per heavy atom. The summed E-state index contributed by atoms with van der Waals surface area (Å²) in [4.78, 5) is 14.4. The monoisotopic (exact) mass is 313 g/mol. The number of methoxy groups -OCH3 is 2. The van der Waals surface area contributed by atoms with E-state index in [0.29, 0.717) is 24.4 Å². The number of hydrogen-bond donors (Lipinski definition) is 0. The Balaban J connectivity index is 1.79. The van der Waals surface area contributed by atoms with Crippen LogP contribution >= 0.6 is 0 Å². The van der Waals surface area contributed by atoms with Crippen LogP contribution in [0.25, 0.3) is 0 Å².